The topological polar surface area (TPSA) is 12.9 Å². The number of aryl methyl sites for hydroxylation is 3. The molecule has 1 aromatic carbocycles. The van der Waals surface area contributed by atoms with Crippen LogP contribution in [0.3, 0.4) is 0 Å². The first-order chi connectivity index (χ1) is 8.08. The predicted molar refractivity (Wildman–Crippen MR) is 72.4 cm³/mol. The summed E-state index contributed by atoms with van der Waals surface area (Å²) >= 11 is 0. The number of rotatable bonds is 2. The molecule has 0 saturated heterocycles. The normalized spacial score (nSPS) is 10.6. The van der Waals surface area contributed by atoms with Crippen molar-refractivity contribution in [3.8, 4) is 0 Å². The van der Waals surface area contributed by atoms with E-state index in [9.17, 15) is 0 Å². The maximum Gasteiger partial charge on any atom is 0.0375 e. The van der Waals surface area contributed by atoms with Crippen molar-refractivity contribution in [2.75, 3.05) is 0 Å². The molecule has 88 valence electrons. The summed E-state index contributed by atoms with van der Waals surface area (Å²) in [6.45, 7) is 8.55. The molecule has 1 nitrogen and oxygen atoms in total. The third kappa shape index (κ3) is 2.55. The maximum absolute atomic E-state index is 4.32. The number of pyridine rings is 1. The van der Waals surface area contributed by atoms with E-state index in [-0.39, 0.29) is 0 Å². The monoisotopic (exact) mass is 225 g/mol. The third-order valence-corrected chi connectivity index (χ3v) is 3.45. The van der Waals surface area contributed by atoms with Crippen LogP contribution in [0.25, 0.3) is 0 Å². The SMILES string of the molecule is Cc1cc(Cc2cccc(C)c2C)c(C)cn1. The van der Waals surface area contributed by atoms with E-state index in [1.165, 1.54) is 27.8 Å². The van der Waals surface area contributed by atoms with E-state index in [1.807, 2.05) is 13.1 Å². The molecular weight excluding hydrogens is 206 g/mol. The van der Waals surface area contributed by atoms with Gasteiger partial charge in [0.25, 0.3) is 0 Å². The Balaban J connectivity index is 2.38. The molecule has 0 aliphatic heterocycles. The highest BCUT2D eigenvalue weighted by Crippen LogP contribution is 2.19. The first-order valence-corrected chi connectivity index (χ1v) is 6.05. The minimum Gasteiger partial charge on any atom is -0.261 e. The Morgan fingerprint density at radius 2 is 1.71 bits per heavy atom. The van der Waals surface area contributed by atoms with Crippen molar-refractivity contribution in [3.63, 3.8) is 0 Å². The van der Waals surface area contributed by atoms with Crippen LogP contribution in [0.15, 0.2) is 30.5 Å². The van der Waals surface area contributed by atoms with Crippen LogP contribution < -0.4 is 0 Å². The Morgan fingerprint density at radius 3 is 2.47 bits per heavy atom. The molecule has 0 radical (unpaired) electrons. The molecule has 2 rings (SSSR count). The van der Waals surface area contributed by atoms with Crippen LogP contribution in [0.1, 0.15) is 33.5 Å². The first kappa shape index (κ1) is 11.8. The van der Waals surface area contributed by atoms with Gasteiger partial charge in [-0.25, -0.2) is 0 Å². The molecule has 0 fully saturated rings. The molecule has 2 aromatic rings. The minimum absolute atomic E-state index is 1.00. The molecule has 1 heteroatoms. The van der Waals surface area contributed by atoms with Crippen molar-refractivity contribution in [3.05, 3.63) is 64.0 Å². The smallest absolute Gasteiger partial charge is 0.0375 e. The van der Waals surface area contributed by atoms with E-state index < -0.39 is 0 Å². The fourth-order valence-electron chi connectivity index (χ4n) is 2.08. The number of hydrogen-bond acceptors (Lipinski definition) is 1. The lowest BCUT2D eigenvalue weighted by atomic mass is 9.96. The van der Waals surface area contributed by atoms with Gasteiger partial charge in [-0.3, -0.25) is 4.98 Å². The van der Waals surface area contributed by atoms with Gasteiger partial charge in [0.15, 0.2) is 0 Å². The third-order valence-electron chi connectivity index (χ3n) is 3.45. The Labute approximate surface area is 104 Å². The minimum atomic E-state index is 1.00. The van der Waals surface area contributed by atoms with Crippen molar-refractivity contribution < 1.29 is 0 Å². The molecular formula is C16H19N. The Bertz CT molecular complexity index is 541. The number of hydrogen-bond donors (Lipinski definition) is 0. The Hall–Kier alpha value is -1.63. The van der Waals surface area contributed by atoms with E-state index in [2.05, 4.69) is 50.0 Å². The molecule has 17 heavy (non-hydrogen) atoms. The second kappa shape index (κ2) is 4.70. The molecule has 0 bridgehead atoms. The fraction of sp³-hybridized carbons (Fsp3) is 0.312. The second-order valence-corrected chi connectivity index (χ2v) is 4.79. The van der Waals surface area contributed by atoms with Crippen molar-refractivity contribution >= 4 is 0 Å². The lowest BCUT2D eigenvalue weighted by molar-refractivity contribution is 1.06. The van der Waals surface area contributed by atoms with Gasteiger partial charge < -0.3 is 0 Å². The Kier molecular flexibility index (Phi) is 3.28. The molecule has 1 aromatic heterocycles. The van der Waals surface area contributed by atoms with Gasteiger partial charge in [-0.1, -0.05) is 18.2 Å². The van der Waals surface area contributed by atoms with Gasteiger partial charge in [0.1, 0.15) is 0 Å². The zero-order chi connectivity index (χ0) is 12.4. The van der Waals surface area contributed by atoms with Crippen LogP contribution in [-0.4, -0.2) is 4.98 Å². The van der Waals surface area contributed by atoms with Crippen molar-refractivity contribution in [1.82, 2.24) is 4.98 Å². The highest BCUT2D eigenvalue weighted by Gasteiger charge is 2.05. The molecule has 0 aliphatic carbocycles. The van der Waals surface area contributed by atoms with Gasteiger partial charge in [0.05, 0.1) is 0 Å². The summed E-state index contributed by atoms with van der Waals surface area (Å²) in [7, 11) is 0. The number of benzene rings is 1. The summed E-state index contributed by atoms with van der Waals surface area (Å²) in [6.07, 6.45) is 2.97. The summed E-state index contributed by atoms with van der Waals surface area (Å²) in [5.74, 6) is 0. The van der Waals surface area contributed by atoms with Gasteiger partial charge in [-0.05, 0) is 68.0 Å². The lowest BCUT2D eigenvalue weighted by Gasteiger charge is -2.11. The summed E-state index contributed by atoms with van der Waals surface area (Å²) in [6, 6.07) is 8.72. The summed E-state index contributed by atoms with van der Waals surface area (Å²) in [4.78, 5) is 4.32. The first-order valence-electron chi connectivity index (χ1n) is 6.05. The fourth-order valence-corrected chi connectivity index (χ4v) is 2.08. The highest BCUT2D eigenvalue weighted by molar-refractivity contribution is 5.38. The quantitative estimate of drug-likeness (QED) is 0.755. The molecule has 0 atom stereocenters. The number of aromatic nitrogens is 1. The van der Waals surface area contributed by atoms with Crippen LogP contribution >= 0.6 is 0 Å². The highest BCUT2D eigenvalue weighted by atomic mass is 14.7. The molecule has 0 amide bonds. The van der Waals surface area contributed by atoms with E-state index in [0.29, 0.717) is 0 Å². The summed E-state index contributed by atoms with van der Waals surface area (Å²) in [5, 5.41) is 0. The lowest BCUT2D eigenvalue weighted by Crippen LogP contribution is -1.98. The summed E-state index contributed by atoms with van der Waals surface area (Å²) in [5.41, 5.74) is 7.93. The largest absolute Gasteiger partial charge is 0.261 e. The van der Waals surface area contributed by atoms with Crippen molar-refractivity contribution in [1.29, 1.82) is 0 Å². The predicted octanol–water partition coefficient (Wildman–Crippen LogP) is 3.91. The van der Waals surface area contributed by atoms with Gasteiger partial charge in [0.2, 0.25) is 0 Å². The van der Waals surface area contributed by atoms with E-state index in [4.69, 9.17) is 0 Å². The molecule has 1 heterocycles. The summed E-state index contributed by atoms with van der Waals surface area (Å²) < 4.78 is 0. The van der Waals surface area contributed by atoms with Crippen molar-refractivity contribution in [2.24, 2.45) is 0 Å². The molecule has 0 spiro atoms. The van der Waals surface area contributed by atoms with E-state index in [1.54, 1.807) is 0 Å². The van der Waals surface area contributed by atoms with Crippen LogP contribution in [-0.2, 0) is 6.42 Å². The van der Waals surface area contributed by atoms with Gasteiger partial charge in [0, 0.05) is 11.9 Å². The maximum atomic E-state index is 4.32. The van der Waals surface area contributed by atoms with Gasteiger partial charge in [-0.2, -0.15) is 0 Å². The molecule has 0 unspecified atom stereocenters. The van der Waals surface area contributed by atoms with Gasteiger partial charge in [-0.15, -0.1) is 0 Å². The second-order valence-electron chi connectivity index (χ2n) is 4.79. The van der Waals surface area contributed by atoms with Crippen LogP contribution in [0.5, 0.6) is 0 Å². The molecule has 0 saturated carbocycles. The van der Waals surface area contributed by atoms with Crippen LogP contribution in [0.2, 0.25) is 0 Å². The average molecular weight is 225 g/mol. The standard InChI is InChI=1S/C16H19N/c1-11-6-5-7-15(14(11)4)9-16-8-13(3)17-10-12(16)2/h5-8,10H,9H2,1-4H3. The van der Waals surface area contributed by atoms with Gasteiger partial charge >= 0.3 is 0 Å². The Morgan fingerprint density at radius 1 is 0.941 bits per heavy atom. The molecule has 0 N–H and O–H groups in total. The van der Waals surface area contributed by atoms with E-state index in [0.717, 1.165) is 12.1 Å². The number of nitrogens with zero attached hydrogens (tertiary/aromatic N) is 1. The average Bonchev–Trinajstić information content (AvgIpc) is 2.30. The van der Waals surface area contributed by atoms with Crippen LogP contribution in [0, 0.1) is 27.7 Å². The van der Waals surface area contributed by atoms with Crippen molar-refractivity contribution in [2.45, 2.75) is 34.1 Å². The van der Waals surface area contributed by atoms with Crippen LogP contribution in [0.4, 0.5) is 0 Å². The van der Waals surface area contributed by atoms with E-state index >= 15 is 0 Å². The zero-order valence-electron chi connectivity index (χ0n) is 11.0. The molecule has 0 aliphatic rings. The zero-order valence-corrected chi connectivity index (χ0v) is 11.0.